The lowest BCUT2D eigenvalue weighted by Gasteiger charge is -2.38. The van der Waals surface area contributed by atoms with E-state index >= 15 is 0 Å². The van der Waals surface area contributed by atoms with Crippen LogP contribution in [0.2, 0.25) is 0 Å². The Balaban J connectivity index is 2.57. The monoisotopic (exact) mass is 314 g/mol. The highest BCUT2D eigenvalue weighted by Gasteiger charge is 2.34. The van der Waals surface area contributed by atoms with Gasteiger partial charge < -0.3 is 10.0 Å². The number of para-hydroxylation sites is 1. The molecule has 1 atom stereocenters. The van der Waals surface area contributed by atoms with E-state index < -0.39 is 26.0 Å². The summed E-state index contributed by atoms with van der Waals surface area (Å²) in [6.07, 6.45) is 2.25. The van der Waals surface area contributed by atoms with Crippen LogP contribution in [0.3, 0.4) is 0 Å². The van der Waals surface area contributed by atoms with Crippen LogP contribution >= 0.6 is 0 Å². The first-order chi connectivity index (χ1) is 9.62. The van der Waals surface area contributed by atoms with Crippen molar-refractivity contribution in [3.8, 4) is 0 Å². The number of nitrogens with zero attached hydrogens (tertiary/aromatic N) is 2. The molecule has 1 unspecified atom stereocenters. The van der Waals surface area contributed by atoms with Gasteiger partial charge in [-0.15, -0.1) is 0 Å². The zero-order valence-electron chi connectivity index (χ0n) is 11.9. The molecule has 2 rings (SSSR count). The van der Waals surface area contributed by atoms with E-state index in [9.17, 15) is 23.6 Å². The van der Waals surface area contributed by atoms with Gasteiger partial charge in [0.05, 0.1) is 10.5 Å². The first-order valence-electron chi connectivity index (χ1n) is 6.57. The minimum atomic E-state index is -3.70. The van der Waals surface area contributed by atoms with Gasteiger partial charge in [0.25, 0.3) is 0 Å². The average Bonchev–Trinajstić information content (AvgIpc) is 2.35. The molecular formula is C13H18N2O5S. The predicted molar refractivity (Wildman–Crippen MR) is 78.3 cm³/mol. The highest BCUT2D eigenvalue weighted by molar-refractivity contribution is 7.90. The summed E-state index contributed by atoms with van der Waals surface area (Å²) in [6.45, 7) is 2.46. The van der Waals surface area contributed by atoms with Gasteiger partial charge in [0.1, 0.15) is 10.6 Å². The molecule has 1 saturated heterocycles. The zero-order chi connectivity index (χ0) is 15.8. The molecule has 0 aromatic heterocycles. The maximum Gasteiger partial charge on any atom is 0.311 e. The minimum absolute atomic E-state index is 0.237. The third-order valence-electron chi connectivity index (χ3n) is 3.58. The van der Waals surface area contributed by atoms with Gasteiger partial charge in [0.15, 0.2) is 9.84 Å². The van der Waals surface area contributed by atoms with Crippen molar-refractivity contribution in [1.82, 2.24) is 0 Å². The van der Waals surface area contributed by atoms with E-state index in [1.54, 1.807) is 11.8 Å². The number of piperidine rings is 1. The van der Waals surface area contributed by atoms with Crippen LogP contribution in [-0.2, 0) is 9.84 Å². The van der Waals surface area contributed by atoms with E-state index in [2.05, 4.69) is 0 Å². The molecule has 1 aliphatic rings. The van der Waals surface area contributed by atoms with E-state index in [-0.39, 0.29) is 17.1 Å². The fourth-order valence-corrected chi connectivity index (χ4v) is 3.53. The molecule has 116 valence electrons. The summed E-state index contributed by atoms with van der Waals surface area (Å²) in [6, 6.07) is 4.25. The van der Waals surface area contributed by atoms with Crippen molar-refractivity contribution in [3.63, 3.8) is 0 Å². The molecule has 8 heteroatoms. The van der Waals surface area contributed by atoms with Crippen LogP contribution in [0.15, 0.2) is 23.1 Å². The number of aliphatic hydroxyl groups is 1. The highest BCUT2D eigenvalue weighted by atomic mass is 32.2. The van der Waals surface area contributed by atoms with Crippen LogP contribution in [0.1, 0.15) is 19.8 Å². The van der Waals surface area contributed by atoms with Crippen LogP contribution in [-0.4, -0.2) is 43.4 Å². The summed E-state index contributed by atoms with van der Waals surface area (Å²) in [5, 5.41) is 21.5. The Morgan fingerprint density at radius 3 is 2.62 bits per heavy atom. The number of β-amino-alcohol motifs (C(OH)–C–C–N with tert-alkyl or cyclic N) is 1. The van der Waals surface area contributed by atoms with E-state index in [0.29, 0.717) is 19.4 Å². The summed E-state index contributed by atoms with van der Waals surface area (Å²) < 4.78 is 23.5. The second-order valence-electron chi connectivity index (χ2n) is 5.68. The number of anilines is 1. The normalized spacial score (nSPS) is 23.1. The molecule has 0 radical (unpaired) electrons. The molecule has 1 fully saturated rings. The molecule has 0 saturated carbocycles. The number of nitro groups is 1. The molecule has 7 nitrogen and oxygen atoms in total. The standard InChI is InChI=1S/C13H18N2O5S/c1-13(16)7-4-8-14(9-13)10-5-3-6-11(21(2,19)20)12(10)15(17)18/h3,5-6,16H,4,7-9H2,1-2H3. The van der Waals surface area contributed by atoms with E-state index in [4.69, 9.17) is 0 Å². The third-order valence-corrected chi connectivity index (χ3v) is 4.70. The Hall–Kier alpha value is -1.67. The van der Waals surface area contributed by atoms with Gasteiger partial charge in [-0.2, -0.15) is 0 Å². The smallest absolute Gasteiger partial charge is 0.311 e. The number of sulfone groups is 1. The summed E-state index contributed by atoms with van der Waals surface area (Å²) in [7, 11) is -3.70. The van der Waals surface area contributed by atoms with Crippen molar-refractivity contribution in [2.24, 2.45) is 0 Å². The molecule has 0 bridgehead atoms. The third kappa shape index (κ3) is 3.33. The second kappa shape index (κ2) is 5.27. The quantitative estimate of drug-likeness (QED) is 0.667. The molecule has 0 aliphatic carbocycles. The Morgan fingerprint density at radius 2 is 2.10 bits per heavy atom. The Bertz CT molecular complexity index is 669. The molecule has 0 amide bonds. The maximum atomic E-state index is 11.7. The molecule has 21 heavy (non-hydrogen) atoms. The number of hydrogen-bond acceptors (Lipinski definition) is 6. The molecular weight excluding hydrogens is 296 g/mol. The van der Waals surface area contributed by atoms with Crippen molar-refractivity contribution < 1.29 is 18.4 Å². The van der Waals surface area contributed by atoms with Gasteiger partial charge in [-0.3, -0.25) is 10.1 Å². The number of nitro benzene ring substituents is 1. The van der Waals surface area contributed by atoms with Crippen molar-refractivity contribution in [3.05, 3.63) is 28.3 Å². The lowest BCUT2D eigenvalue weighted by atomic mass is 9.94. The lowest BCUT2D eigenvalue weighted by molar-refractivity contribution is -0.387. The van der Waals surface area contributed by atoms with Gasteiger partial charge in [-0.25, -0.2) is 8.42 Å². The van der Waals surface area contributed by atoms with E-state index in [0.717, 1.165) is 6.26 Å². The van der Waals surface area contributed by atoms with Crippen molar-refractivity contribution in [1.29, 1.82) is 0 Å². The average molecular weight is 314 g/mol. The van der Waals surface area contributed by atoms with E-state index in [1.807, 2.05) is 0 Å². The molecule has 0 spiro atoms. The van der Waals surface area contributed by atoms with Crippen LogP contribution in [0.5, 0.6) is 0 Å². The van der Waals surface area contributed by atoms with Gasteiger partial charge in [-0.1, -0.05) is 6.07 Å². The first kappa shape index (κ1) is 15.7. The Morgan fingerprint density at radius 1 is 1.43 bits per heavy atom. The van der Waals surface area contributed by atoms with Crippen molar-refractivity contribution >= 4 is 21.2 Å². The van der Waals surface area contributed by atoms with Crippen molar-refractivity contribution in [2.75, 3.05) is 24.2 Å². The van der Waals surface area contributed by atoms with Crippen LogP contribution in [0.25, 0.3) is 0 Å². The predicted octanol–water partition coefficient (Wildman–Crippen LogP) is 1.35. The summed E-state index contributed by atoms with van der Waals surface area (Å²) >= 11 is 0. The van der Waals surface area contributed by atoms with Gasteiger partial charge >= 0.3 is 5.69 Å². The zero-order valence-corrected chi connectivity index (χ0v) is 12.8. The van der Waals surface area contributed by atoms with Crippen LogP contribution in [0, 0.1) is 10.1 Å². The Kier molecular flexibility index (Phi) is 3.94. The van der Waals surface area contributed by atoms with Crippen molar-refractivity contribution in [2.45, 2.75) is 30.3 Å². The summed E-state index contributed by atoms with van der Waals surface area (Å²) in [5.41, 5.74) is -1.12. The number of benzene rings is 1. The fraction of sp³-hybridized carbons (Fsp3) is 0.538. The maximum absolute atomic E-state index is 11.7. The van der Waals surface area contributed by atoms with Gasteiger partial charge in [0.2, 0.25) is 0 Å². The number of hydrogen-bond donors (Lipinski definition) is 1. The second-order valence-corrected chi connectivity index (χ2v) is 7.66. The molecule has 1 N–H and O–H groups in total. The molecule has 1 aromatic carbocycles. The van der Waals surface area contributed by atoms with Crippen LogP contribution in [0.4, 0.5) is 11.4 Å². The van der Waals surface area contributed by atoms with Crippen LogP contribution < -0.4 is 4.90 Å². The van der Waals surface area contributed by atoms with Gasteiger partial charge in [-0.05, 0) is 31.9 Å². The summed E-state index contributed by atoms with van der Waals surface area (Å²) in [5.74, 6) is 0. The largest absolute Gasteiger partial charge is 0.388 e. The lowest BCUT2D eigenvalue weighted by Crippen LogP contribution is -2.46. The van der Waals surface area contributed by atoms with E-state index in [1.165, 1.54) is 18.2 Å². The molecule has 1 heterocycles. The fourth-order valence-electron chi connectivity index (χ4n) is 2.67. The van der Waals surface area contributed by atoms with Gasteiger partial charge in [0, 0.05) is 19.3 Å². The molecule has 1 aliphatic heterocycles. The SMILES string of the molecule is CC1(O)CCCN(c2cccc(S(C)(=O)=O)c2[N+](=O)[O-])C1. The Labute approximate surface area is 123 Å². The number of rotatable bonds is 3. The highest BCUT2D eigenvalue weighted by Crippen LogP contribution is 2.37. The molecule has 1 aromatic rings. The topological polar surface area (TPSA) is 101 Å². The summed E-state index contributed by atoms with van der Waals surface area (Å²) in [4.78, 5) is 12.1. The minimum Gasteiger partial charge on any atom is -0.388 e. The first-order valence-corrected chi connectivity index (χ1v) is 8.46.